The molecule has 0 amide bonds. The smallest absolute Gasteiger partial charge is 0.364 e. The van der Waals surface area contributed by atoms with Crippen LogP contribution in [0.25, 0.3) is 0 Å². The fraction of sp³-hybridized carbons (Fsp3) is 0.250. The summed E-state index contributed by atoms with van der Waals surface area (Å²) in [5, 5.41) is 8.59. The summed E-state index contributed by atoms with van der Waals surface area (Å²) in [4.78, 5) is 10.5. The molecule has 16 heavy (non-hydrogen) atoms. The minimum absolute atomic E-state index is 0.391. The quantitative estimate of drug-likeness (QED) is 0.804. The Morgan fingerprint density at radius 2 is 2.06 bits per heavy atom. The van der Waals surface area contributed by atoms with Gasteiger partial charge in [-0.15, -0.1) is 0 Å². The van der Waals surface area contributed by atoms with Gasteiger partial charge in [0.2, 0.25) is 5.83 Å². The molecule has 0 unspecified atom stereocenters. The molecule has 0 aliphatic heterocycles. The van der Waals surface area contributed by atoms with Gasteiger partial charge in [-0.2, -0.15) is 4.39 Å². The van der Waals surface area contributed by atoms with Crippen molar-refractivity contribution in [2.75, 3.05) is 0 Å². The fourth-order valence-corrected chi connectivity index (χ4v) is 2.35. The number of aliphatic carboxylic acids is 1. The van der Waals surface area contributed by atoms with Gasteiger partial charge in [-0.25, -0.2) is 4.79 Å². The van der Waals surface area contributed by atoms with E-state index < -0.39 is 11.8 Å². The van der Waals surface area contributed by atoms with Gasteiger partial charge < -0.3 is 5.11 Å². The van der Waals surface area contributed by atoms with Gasteiger partial charge in [0.15, 0.2) is 0 Å². The fourth-order valence-electron chi connectivity index (χ4n) is 1.94. The molecule has 84 valence electrons. The van der Waals surface area contributed by atoms with Crippen LogP contribution in [0.15, 0.2) is 34.1 Å². The minimum atomic E-state index is -1.46. The van der Waals surface area contributed by atoms with Crippen LogP contribution in [0.2, 0.25) is 0 Å². The molecule has 2 nitrogen and oxygen atoms in total. The van der Waals surface area contributed by atoms with E-state index in [2.05, 4.69) is 15.9 Å². The predicted molar refractivity (Wildman–Crippen MR) is 61.9 cm³/mol. The number of halogens is 2. The lowest BCUT2D eigenvalue weighted by atomic mass is 9.87. The normalized spacial score (nSPS) is 17.9. The number of carboxylic acid groups (broad SMARTS) is 1. The second-order valence-electron chi connectivity index (χ2n) is 3.81. The zero-order chi connectivity index (χ0) is 11.7. The molecular weight excluding hydrogens is 275 g/mol. The molecule has 0 aromatic heterocycles. The van der Waals surface area contributed by atoms with E-state index in [4.69, 9.17) is 5.11 Å². The minimum Gasteiger partial charge on any atom is -0.476 e. The first-order valence-corrected chi connectivity index (χ1v) is 5.75. The molecule has 0 radical (unpaired) electrons. The van der Waals surface area contributed by atoms with E-state index in [0.717, 1.165) is 15.6 Å². The Bertz CT molecular complexity index is 480. The number of carboxylic acids is 1. The number of allylic oxidation sites excluding steroid dienone is 1. The van der Waals surface area contributed by atoms with E-state index in [-0.39, 0.29) is 0 Å². The number of fused-ring (bicyclic) bond motifs is 1. The molecule has 1 N–H and O–H groups in total. The van der Waals surface area contributed by atoms with E-state index in [1.165, 1.54) is 0 Å². The second-order valence-corrected chi connectivity index (χ2v) is 4.73. The highest BCUT2D eigenvalue weighted by Gasteiger charge is 2.20. The zero-order valence-electron chi connectivity index (χ0n) is 8.46. The van der Waals surface area contributed by atoms with Gasteiger partial charge in [-0.3, -0.25) is 0 Å². The maximum absolute atomic E-state index is 13.3. The van der Waals surface area contributed by atoms with Crippen LogP contribution in [0.1, 0.15) is 17.5 Å². The Kier molecular flexibility index (Phi) is 3.10. The molecule has 0 bridgehead atoms. The summed E-state index contributed by atoms with van der Waals surface area (Å²) in [6, 6.07) is 5.80. The molecule has 0 fully saturated rings. The predicted octanol–water partition coefficient (Wildman–Crippen LogP) is 3.25. The summed E-state index contributed by atoms with van der Waals surface area (Å²) < 4.78 is 14.3. The number of benzene rings is 1. The van der Waals surface area contributed by atoms with E-state index in [1.807, 2.05) is 18.2 Å². The maximum Gasteiger partial charge on any atom is 0.364 e. The number of hydrogen-bond donors (Lipinski definition) is 1. The van der Waals surface area contributed by atoms with Gasteiger partial charge in [-0.1, -0.05) is 22.0 Å². The Morgan fingerprint density at radius 1 is 1.31 bits per heavy atom. The van der Waals surface area contributed by atoms with Crippen LogP contribution in [0, 0.1) is 0 Å². The Balaban J connectivity index is 2.35. The molecule has 0 spiro atoms. The van der Waals surface area contributed by atoms with Crippen LogP contribution in [0.4, 0.5) is 4.39 Å². The van der Waals surface area contributed by atoms with Crippen LogP contribution in [-0.4, -0.2) is 11.1 Å². The monoisotopic (exact) mass is 284 g/mol. The van der Waals surface area contributed by atoms with Crippen LogP contribution in [0.5, 0.6) is 0 Å². The summed E-state index contributed by atoms with van der Waals surface area (Å²) in [6.07, 6.45) is 1.59. The highest BCUT2D eigenvalue weighted by molar-refractivity contribution is 9.10. The van der Waals surface area contributed by atoms with E-state index in [1.54, 1.807) is 0 Å². The summed E-state index contributed by atoms with van der Waals surface area (Å²) in [6.45, 7) is 0. The van der Waals surface area contributed by atoms with Crippen molar-refractivity contribution in [2.24, 2.45) is 0 Å². The molecule has 0 heterocycles. The Morgan fingerprint density at radius 3 is 2.75 bits per heavy atom. The third-order valence-corrected chi connectivity index (χ3v) is 3.26. The van der Waals surface area contributed by atoms with Gasteiger partial charge in [0, 0.05) is 4.47 Å². The lowest BCUT2D eigenvalue weighted by molar-refractivity contribution is -0.134. The van der Waals surface area contributed by atoms with E-state index >= 15 is 0 Å². The van der Waals surface area contributed by atoms with Gasteiger partial charge in [0.05, 0.1) is 0 Å². The molecule has 0 atom stereocenters. The standard InChI is InChI=1S/C12H10BrFO2/c13-10-4-3-7-5-9(11(14)12(15)16)2-1-8(7)6-10/h3-4,6H,1-2,5H2,(H,15,16). The van der Waals surface area contributed by atoms with E-state index in [9.17, 15) is 9.18 Å². The van der Waals surface area contributed by atoms with Gasteiger partial charge in [-0.05, 0) is 48.1 Å². The number of carbonyl (C=O) groups is 1. The van der Waals surface area contributed by atoms with Crippen molar-refractivity contribution < 1.29 is 14.3 Å². The molecule has 0 saturated heterocycles. The van der Waals surface area contributed by atoms with Crippen molar-refractivity contribution in [3.63, 3.8) is 0 Å². The molecule has 2 rings (SSSR count). The molecule has 1 aliphatic carbocycles. The van der Waals surface area contributed by atoms with Crippen molar-refractivity contribution in [3.8, 4) is 0 Å². The van der Waals surface area contributed by atoms with Crippen molar-refractivity contribution in [1.29, 1.82) is 0 Å². The first-order valence-electron chi connectivity index (χ1n) is 4.96. The van der Waals surface area contributed by atoms with Gasteiger partial charge >= 0.3 is 5.97 Å². The van der Waals surface area contributed by atoms with Crippen LogP contribution in [-0.2, 0) is 17.6 Å². The summed E-state index contributed by atoms with van der Waals surface area (Å²) in [7, 11) is 0. The van der Waals surface area contributed by atoms with Crippen LogP contribution < -0.4 is 0 Å². The summed E-state index contributed by atoms with van der Waals surface area (Å²) >= 11 is 3.38. The maximum atomic E-state index is 13.3. The summed E-state index contributed by atoms with van der Waals surface area (Å²) in [5.41, 5.74) is 2.57. The third kappa shape index (κ3) is 2.16. The lowest BCUT2D eigenvalue weighted by Crippen LogP contribution is -2.10. The van der Waals surface area contributed by atoms with E-state index in [0.29, 0.717) is 24.8 Å². The Hall–Kier alpha value is -1.16. The van der Waals surface area contributed by atoms with Gasteiger partial charge in [0.1, 0.15) is 0 Å². The molecule has 0 saturated carbocycles. The molecule has 4 heteroatoms. The van der Waals surface area contributed by atoms with Crippen LogP contribution >= 0.6 is 15.9 Å². The third-order valence-electron chi connectivity index (χ3n) is 2.77. The molecule has 1 aromatic carbocycles. The Labute approximate surface area is 101 Å². The van der Waals surface area contributed by atoms with Crippen molar-refractivity contribution >= 4 is 21.9 Å². The second kappa shape index (κ2) is 4.37. The SMILES string of the molecule is O=C(O)C(F)=C1CCc2cc(Br)ccc2C1. The van der Waals surface area contributed by atoms with Gasteiger partial charge in [0.25, 0.3) is 0 Å². The molecular formula is C12H10BrFO2. The first kappa shape index (κ1) is 11.3. The zero-order valence-corrected chi connectivity index (χ0v) is 10.1. The number of rotatable bonds is 1. The van der Waals surface area contributed by atoms with Crippen LogP contribution in [0.3, 0.4) is 0 Å². The lowest BCUT2D eigenvalue weighted by Gasteiger charge is -2.18. The average Bonchev–Trinajstić information content (AvgIpc) is 2.27. The highest BCUT2D eigenvalue weighted by atomic mass is 79.9. The first-order chi connectivity index (χ1) is 7.58. The topological polar surface area (TPSA) is 37.3 Å². The van der Waals surface area contributed by atoms with Crippen molar-refractivity contribution in [2.45, 2.75) is 19.3 Å². The van der Waals surface area contributed by atoms with Crippen molar-refractivity contribution in [1.82, 2.24) is 0 Å². The molecule has 1 aliphatic rings. The van der Waals surface area contributed by atoms with Crippen molar-refractivity contribution in [3.05, 3.63) is 45.2 Å². The highest BCUT2D eigenvalue weighted by Crippen LogP contribution is 2.29. The summed E-state index contributed by atoms with van der Waals surface area (Å²) in [5.74, 6) is -2.45. The largest absolute Gasteiger partial charge is 0.476 e. The number of aryl methyl sites for hydroxylation is 1. The average molecular weight is 285 g/mol. The molecule has 1 aromatic rings. The number of hydrogen-bond acceptors (Lipinski definition) is 1.